The molecule has 2 aliphatic rings. The van der Waals surface area contributed by atoms with Crippen molar-refractivity contribution in [3.05, 3.63) is 24.3 Å². The van der Waals surface area contributed by atoms with Crippen molar-refractivity contribution in [2.75, 3.05) is 50.0 Å². The minimum absolute atomic E-state index is 0.00553. The Morgan fingerprint density at radius 1 is 1.29 bits per heavy atom. The number of piperidine rings is 1. The summed E-state index contributed by atoms with van der Waals surface area (Å²) in [6, 6.07) is 7.48. The molecule has 2 N–H and O–H groups in total. The first-order chi connectivity index (χ1) is 11.7. The SMILES string of the molecule is CNCCC1CCN(CC(=O)N2CC(=O)Nc3ccccc32)CC1. The van der Waals surface area contributed by atoms with E-state index in [2.05, 4.69) is 15.5 Å². The molecule has 0 atom stereocenters. The van der Waals surface area contributed by atoms with Crippen molar-refractivity contribution >= 4 is 23.2 Å². The summed E-state index contributed by atoms with van der Waals surface area (Å²) in [6.45, 7) is 3.47. The zero-order valence-corrected chi connectivity index (χ0v) is 14.3. The molecule has 2 amide bonds. The molecule has 1 aromatic carbocycles. The number of para-hydroxylation sites is 2. The van der Waals surface area contributed by atoms with E-state index in [4.69, 9.17) is 0 Å². The number of carbonyl (C=O) groups is 2. The lowest BCUT2D eigenvalue weighted by Crippen LogP contribution is -2.48. The fraction of sp³-hybridized carbons (Fsp3) is 0.556. The van der Waals surface area contributed by atoms with Crippen molar-refractivity contribution in [2.45, 2.75) is 19.3 Å². The molecule has 0 unspecified atom stereocenters. The highest BCUT2D eigenvalue weighted by Gasteiger charge is 2.28. The van der Waals surface area contributed by atoms with Gasteiger partial charge in [-0.15, -0.1) is 0 Å². The minimum Gasteiger partial charge on any atom is -0.323 e. The van der Waals surface area contributed by atoms with Gasteiger partial charge in [0, 0.05) is 0 Å². The maximum absolute atomic E-state index is 12.7. The highest BCUT2D eigenvalue weighted by Crippen LogP contribution is 2.29. The van der Waals surface area contributed by atoms with Crippen molar-refractivity contribution in [1.82, 2.24) is 10.2 Å². The van der Waals surface area contributed by atoms with Gasteiger partial charge in [0.05, 0.1) is 17.9 Å². The molecule has 0 aliphatic carbocycles. The Labute approximate surface area is 143 Å². The number of amides is 2. The molecule has 6 heteroatoms. The van der Waals surface area contributed by atoms with Gasteiger partial charge in [-0.2, -0.15) is 0 Å². The van der Waals surface area contributed by atoms with Crippen LogP contribution in [0.4, 0.5) is 11.4 Å². The third-order valence-electron chi connectivity index (χ3n) is 4.94. The van der Waals surface area contributed by atoms with Crippen LogP contribution in [0, 0.1) is 5.92 Å². The van der Waals surface area contributed by atoms with Crippen LogP contribution in [-0.2, 0) is 9.59 Å². The van der Waals surface area contributed by atoms with E-state index < -0.39 is 0 Å². The second-order valence-electron chi connectivity index (χ2n) is 6.66. The number of benzene rings is 1. The Morgan fingerprint density at radius 2 is 2.04 bits per heavy atom. The number of carbonyl (C=O) groups excluding carboxylic acids is 2. The summed E-state index contributed by atoms with van der Waals surface area (Å²) in [4.78, 5) is 28.4. The van der Waals surface area contributed by atoms with Gasteiger partial charge in [0.25, 0.3) is 0 Å². The molecule has 0 radical (unpaired) electrons. The topological polar surface area (TPSA) is 64.7 Å². The Morgan fingerprint density at radius 3 is 2.79 bits per heavy atom. The number of hydrogen-bond donors (Lipinski definition) is 2. The van der Waals surface area contributed by atoms with Gasteiger partial charge < -0.3 is 10.6 Å². The second-order valence-corrected chi connectivity index (χ2v) is 6.66. The predicted octanol–water partition coefficient (Wildman–Crippen LogP) is 1.29. The van der Waals surface area contributed by atoms with Crippen molar-refractivity contribution in [3.63, 3.8) is 0 Å². The maximum Gasteiger partial charge on any atom is 0.244 e. The van der Waals surface area contributed by atoms with Crippen molar-refractivity contribution in [2.24, 2.45) is 5.92 Å². The average Bonchev–Trinajstić information content (AvgIpc) is 2.60. The van der Waals surface area contributed by atoms with Gasteiger partial charge in [-0.1, -0.05) is 12.1 Å². The van der Waals surface area contributed by atoms with Crippen LogP contribution >= 0.6 is 0 Å². The number of hydrogen-bond acceptors (Lipinski definition) is 4. The van der Waals surface area contributed by atoms with Gasteiger partial charge in [0.1, 0.15) is 6.54 Å². The summed E-state index contributed by atoms with van der Waals surface area (Å²) in [6.07, 6.45) is 3.50. The summed E-state index contributed by atoms with van der Waals surface area (Å²) >= 11 is 0. The Bertz CT molecular complexity index is 596. The van der Waals surface area contributed by atoms with Crippen LogP contribution in [-0.4, -0.2) is 56.5 Å². The fourth-order valence-corrected chi connectivity index (χ4v) is 3.51. The molecule has 1 aromatic rings. The van der Waals surface area contributed by atoms with Gasteiger partial charge in [-0.25, -0.2) is 0 Å². The average molecular weight is 330 g/mol. The van der Waals surface area contributed by atoms with E-state index in [9.17, 15) is 9.59 Å². The molecular weight excluding hydrogens is 304 g/mol. The normalized spacial score (nSPS) is 19.0. The van der Waals surface area contributed by atoms with Gasteiger partial charge in [-0.05, 0) is 64.0 Å². The highest BCUT2D eigenvalue weighted by atomic mass is 16.2. The van der Waals surface area contributed by atoms with Crippen molar-refractivity contribution in [3.8, 4) is 0 Å². The van der Waals surface area contributed by atoms with Gasteiger partial charge in [0.15, 0.2) is 0 Å². The van der Waals surface area contributed by atoms with E-state index in [0.717, 1.165) is 44.1 Å². The first-order valence-electron chi connectivity index (χ1n) is 8.73. The fourth-order valence-electron chi connectivity index (χ4n) is 3.51. The zero-order chi connectivity index (χ0) is 16.9. The smallest absolute Gasteiger partial charge is 0.244 e. The molecule has 130 valence electrons. The molecular formula is C18H26N4O2. The van der Waals surface area contributed by atoms with Crippen LogP contribution in [0.3, 0.4) is 0 Å². The third kappa shape index (κ3) is 3.94. The van der Waals surface area contributed by atoms with E-state index in [1.54, 1.807) is 4.90 Å². The van der Waals surface area contributed by atoms with Crippen LogP contribution in [0.15, 0.2) is 24.3 Å². The van der Waals surface area contributed by atoms with Crippen molar-refractivity contribution < 1.29 is 9.59 Å². The Balaban J connectivity index is 1.57. The lowest BCUT2D eigenvalue weighted by molar-refractivity contribution is -0.123. The van der Waals surface area contributed by atoms with E-state index in [1.165, 1.54) is 6.42 Å². The third-order valence-corrected chi connectivity index (χ3v) is 4.94. The van der Waals surface area contributed by atoms with Gasteiger partial charge in [0.2, 0.25) is 11.8 Å². The number of likely N-dealkylation sites (tertiary alicyclic amines) is 1. The Hall–Kier alpha value is -1.92. The van der Waals surface area contributed by atoms with Crippen LogP contribution in [0.2, 0.25) is 0 Å². The molecule has 1 fully saturated rings. The molecule has 0 bridgehead atoms. The second kappa shape index (κ2) is 7.77. The van der Waals surface area contributed by atoms with Gasteiger partial charge >= 0.3 is 0 Å². The predicted molar refractivity (Wildman–Crippen MR) is 95.1 cm³/mol. The molecule has 0 aromatic heterocycles. The summed E-state index contributed by atoms with van der Waals surface area (Å²) in [5.74, 6) is 0.629. The van der Waals surface area contributed by atoms with E-state index in [0.29, 0.717) is 12.2 Å². The van der Waals surface area contributed by atoms with Crippen molar-refractivity contribution in [1.29, 1.82) is 0 Å². The summed E-state index contributed by atoms with van der Waals surface area (Å²) < 4.78 is 0. The zero-order valence-electron chi connectivity index (χ0n) is 14.3. The van der Waals surface area contributed by atoms with Crippen LogP contribution in [0.5, 0.6) is 0 Å². The van der Waals surface area contributed by atoms with Gasteiger partial charge in [-0.3, -0.25) is 19.4 Å². The lowest BCUT2D eigenvalue weighted by atomic mass is 9.93. The number of fused-ring (bicyclic) bond motifs is 1. The monoisotopic (exact) mass is 330 g/mol. The summed E-state index contributed by atoms with van der Waals surface area (Å²) in [7, 11) is 1.99. The molecule has 6 nitrogen and oxygen atoms in total. The molecule has 3 rings (SSSR count). The largest absolute Gasteiger partial charge is 0.323 e. The molecule has 2 heterocycles. The molecule has 0 spiro atoms. The summed E-state index contributed by atoms with van der Waals surface area (Å²) in [5.41, 5.74) is 1.51. The molecule has 0 saturated carbocycles. The highest BCUT2D eigenvalue weighted by molar-refractivity contribution is 6.10. The molecule has 24 heavy (non-hydrogen) atoms. The standard InChI is InChI=1S/C18H26N4O2/c1-19-9-6-14-7-10-21(11-8-14)13-18(24)22-12-17(23)20-15-4-2-3-5-16(15)22/h2-5,14,19H,6-13H2,1H3,(H,20,23). The van der Waals surface area contributed by atoms with Crippen LogP contribution in [0.25, 0.3) is 0 Å². The maximum atomic E-state index is 12.7. The molecule has 2 aliphatic heterocycles. The van der Waals surface area contributed by atoms with Crippen LogP contribution < -0.4 is 15.5 Å². The summed E-state index contributed by atoms with van der Waals surface area (Å²) in [5, 5.41) is 6.02. The number of nitrogens with zero attached hydrogens (tertiary/aromatic N) is 2. The lowest BCUT2D eigenvalue weighted by Gasteiger charge is -2.34. The number of anilines is 2. The van der Waals surface area contributed by atoms with E-state index in [1.807, 2.05) is 31.3 Å². The minimum atomic E-state index is -0.132. The Kier molecular flexibility index (Phi) is 5.48. The van der Waals surface area contributed by atoms with Crippen LogP contribution in [0.1, 0.15) is 19.3 Å². The first-order valence-corrected chi connectivity index (χ1v) is 8.73. The number of rotatable bonds is 5. The van der Waals surface area contributed by atoms with E-state index >= 15 is 0 Å². The quantitative estimate of drug-likeness (QED) is 0.854. The first kappa shape index (κ1) is 16.9. The van der Waals surface area contributed by atoms with E-state index in [-0.39, 0.29) is 18.4 Å². The number of nitrogens with one attached hydrogen (secondary N) is 2. The molecule has 1 saturated heterocycles.